The molecule has 0 bridgehead atoms. The van der Waals surface area contributed by atoms with E-state index in [4.69, 9.17) is 0 Å². The first-order valence-electron chi connectivity index (χ1n) is 3.29. The Hall–Kier alpha value is -0.830. The van der Waals surface area contributed by atoms with Crippen LogP contribution in [0.1, 0.15) is 13.1 Å². The molecule has 0 fully saturated rings. The first-order chi connectivity index (χ1) is 4.72. The number of rotatable bonds is 2. The van der Waals surface area contributed by atoms with Gasteiger partial charge >= 0.3 is 0 Å². The molecule has 0 aliphatic carbocycles. The molecule has 0 amide bonds. The monoisotopic (exact) mass is 138 g/mol. The standard InChI is InChI=1S/C7H12N3/c1-7(9(2)3)10-6-4-5-8-10/h4,6-7H,1-3H3. The minimum absolute atomic E-state index is 0.311. The summed E-state index contributed by atoms with van der Waals surface area (Å²) in [5.41, 5.74) is 0. The molecule has 0 saturated heterocycles. The highest BCUT2D eigenvalue weighted by Crippen LogP contribution is 2.03. The Bertz CT molecular complexity index is 179. The number of hydrogen-bond acceptors (Lipinski definition) is 2. The summed E-state index contributed by atoms with van der Waals surface area (Å²) in [7, 11) is 4.04. The summed E-state index contributed by atoms with van der Waals surface area (Å²) in [5.74, 6) is 0. The van der Waals surface area contributed by atoms with Crippen molar-refractivity contribution < 1.29 is 0 Å². The minimum Gasteiger partial charge on any atom is -0.288 e. The predicted molar refractivity (Wildman–Crippen MR) is 39.5 cm³/mol. The first kappa shape index (κ1) is 7.28. The van der Waals surface area contributed by atoms with Gasteiger partial charge in [-0.25, -0.2) is 0 Å². The minimum atomic E-state index is 0.311. The number of hydrogen-bond donors (Lipinski definition) is 0. The van der Waals surface area contributed by atoms with Crippen molar-refractivity contribution in [1.29, 1.82) is 0 Å². The molecule has 0 aliphatic rings. The highest BCUT2D eigenvalue weighted by Gasteiger charge is 2.04. The molecule has 55 valence electrons. The molecule has 1 aromatic heterocycles. The van der Waals surface area contributed by atoms with Gasteiger partial charge < -0.3 is 0 Å². The van der Waals surface area contributed by atoms with Gasteiger partial charge in [0.15, 0.2) is 0 Å². The Morgan fingerprint density at radius 1 is 1.60 bits per heavy atom. The molecule has 0 aliphatic heterocycles. The Morgan fingerprint density at radius 2 is 2.30 bits per heavy atom. The third-order valence-electron chi connectivity index (χ3n) is 1.61. The highest BCUT2D eigenvalue weighted by molar-refractivity contribution is 4.77. The van der Waals surface area contributed by atoms with Gasteiger partial charge in [0.05, 0.1) is 0 Å². The summed E-state index contributed by atoms with van der Waals surface area (Å²) >= 11 is 0. The third-order valence-corrected chi connectivity index (χ3v) is 1.61. The van der Waals surface area contributed by atoms with Crippen molar-refractivity contribution in [3.63, 3.8) is 0 Å². The second kappa shape index (κ2) is 2.84. The lowest BCUT2D eigenvalue weighted by Crippen LogP contribution is -2.22. The van der Waals surface area contributed by atoms with E-state index in [9.17, 15) is 0 Å². The van der Waals surface area contributed by atoms with Gasteiger partial charge in [-0.3, -0.25) is 9.58 Å². The van der Waals surface area contributed by atoms with E-state index in [0.29, 0.717) is 6.17 Å². The maximum absolute atomic E-state index is 3.99. The highest BCUT2D eigenvalue weighted by atomic mass is 15.4. The molecule has 0 saturated carbocycles. The van der Waals surface area contributed by atoms with Crippen molar-refractivity contribution in [1.82, 2.24) is 14.7 Å². The fourth-order valence-corrected chi connectivity index (χ4v) is 0.688. The van der Waals surface area contributed by atoms with Crippen LogP contribution in [-0.4, -0.2) is 28.8 Å². The molecule has 0 aromatic carbocycles. The van der Waals surface area contributed by atoms with E-state index in [1.54, 1.807) is 6.07 Å². The van der Waals surface area contributed by atoms with Crippen LogP contribution < -0.4 is 0 Å². The number of aromatic nitrogens is 2. The third kappa shape index (κ3) is 1.36. The molecule has 1 aromatic rings. The molecular formula is C7H12N3. The predicted octanol–water partition coefficient (Wildman–Crippen LogP) is 0.763. The van der Waals surface area contributed by atoms with E-state index in [1.807, 2.05) is 25.0 Å². The Morgan fingerprint density at radius 3 is 2.70 bits per heavy atom. The van der Waals surface area contributed by atoms with Crippen molar-refractivity contribution in [2.24, 2.45) is 0 Å². The SMILES string of the molecule is CC(N(C)C)n1cc[c]n1. The zero-order valence-electron chi connectivity index (χ0n) is 6.57. The van der Waals surface area contributed by atoms with Crippen LogP contribution in [-0.2, 0) is 0 Å². The second-order valence-electron chi connectivity index (χ2n) is 2.52. The average molecular weight is 138 g/mol. The van der Waals surface area contributed by atoms with E-state index in [-0.39, 0.29) is 0 Å². The molecule has 1 rings (SSSR count). The van der Waals surface area contributed by atoms with Crippen LogP contribution in [0.15, 0.2) is 12.3 Å². The van der Waals surface area contributed by atoms with E-state index >= 15 is 0 Å². The number of nitrogens with zero attached hydrogens (tertiary/aromatic N) is 3. The van der Waals surface area contributed by atoms with E-state index < -0.39 is 0 Å². The van der Waals surface area contributed by atoms with Crippen LogP contribution in [0, 0.1) is 6.20 Å². The zero-order chi connectivity index (χ0) is 7.56. The van der Waals surface area contributed by atoms with E-state index in [2.05, 4.69) is 23.1 Å². The molecule has 3 heteroatoms. The van der Waals surface area contributed by atoms with Crippen LogP contribution in [0.4, 0.5) is 0 Å². The van der Waals surface area contributed by atoms with Crippen LogP contribution in [0.25, 0.3) is 0 Å². The van der Waals surface area contributed by atoms with Gasteiger partial charge in [0.2, 0.25) is 0 Å². The Balaban J connectivity index is 2.68. The molecule has 3 nitrogen and oxygen atoms in total. The van der Waals surface area contributed by atoms with Gasteiger partial charge in [0, 0.05) is 6.20 Å². The fourth-order valence-electron chi connectivity index (χ4n) is 0.688. The summed E-state index contributed by atoms with van der Waals surface area (Å²) in [6.07, 6.45) is 4.97. The normalized spacial score (nSPS) is 14.0. The van der Waals surface area contributed by atoms with E-state index in [0.717, 1.165) is 0 Å². The van der Waals surface area contributed by atoms with Gasteiger partial charge in [0.1, 0.15) is 12.4 Å². The zero-order valence-corrected chi connectivity index (χ0v) is 6.57. The maximum atomic E-state index is 3.99. The second-order valence-corrected chi connectivity index (χ2v) is 2.52. The summed E-state index contributed by atoms with van der Waals surface area (Å²) in [6.45, 7) is 2.08. The van der Waals surface area contributed by atoms with E-state index in [1.165, 1.54) is 0 Å². The average Bonchev–Trinajstić information content (AvgIpc) is 2.36. The van der Waals surface area contributed by atoms with Crippen LogP contribution in [0.2, 0.25) is 0 Å². The van der Waals surface area contributed by atoms with Crippen LogP contribution in [0.3, 0.4) is 0 Å². The Kier molecular flexibility index (Phi) is 2.06. The molecule has 10 heavy (non-hydrogen) atoms. The van der Waals surface area contributed by atoms with Crippen molar-refractivity contribution >= 4 is 0 Å². The molecule has 0 spiro atoms. The van der Waals surface area contributed by atoms with Gasteiger partial charge in [0.25, 0.3) is 0 Å². The first-order valence-corrected chi connectivity index (χ1v) is 3.29. The molecule has 1 unspecified atom stereocenters. The summed E-state index contributed by atoms with van der Waals surface area (Å²) in [5, 5.41) is 3.99. The molecule has 1 atom stereocenters. The summed E-state index contributed by atoms with van der Waals surface area (Å²) < 4.78 is 1.86. The lowest BCUT2D eigenvalue weighted by molar-refractivity contribution is 0.220. The topological polar surface area (TPSA) is 21.1 Å². The van der Waals surface area contributed by atoms with Gasteiger partial charge in [-0.1, -0.05) is 0 Å². The lowest BCUT2D eigenvalue weighted by atomic mass is 10.5. The van der Waals surface area contributed by atoms with Gasteiger partial charge in [-0.2, -0.15) is 5.10 Å². The van der Waals surface area contributed by atoms with Crippen molar-refractivity contribution in [2.45, 2.75) is 13.1 Å². The quantitative estimate of drug-likeness (QED) is 0.601. The lowest BCUT2D eigenvalue weighted by Gasteiger charge is -2.19. The van der Waals surface area contributed by atoms with Crippen LogP contribution in [0.5, 0.6) is 0 Å². The Labute approximate surface area is 61.3 Å². The smallest absolute Gasteiger partial charge is 0.113 e. The van der Waals surface area contributed by atoms with Crippen molar-refractivity contribution in [3.8, 4) is 0 Å². The molecule has 0 N–H and O–H groups in total. The molecular weight excluding hydrogens is 126 g/mol. The summed E-state index contributed by atoms with van der Waals surface area (Å²) in [6, 6.07) is 1.81. The molecule has 1 radical (unpaired) electrons. The van der Waals surface area contributed by atoms with Gasteiger partial charge in [-0.05, 0) is 27.1 Å². The van der Waals surface area contributed by atoms with Crippen LogP contribution >= 0.6 is 0 Å². The van der Waals surface area contributed by atoms with Crippen molar-refractivity contribution in [2.75, 3.05) is 14.1 Å². The largest absolute Gasteiger partial charge is 0.288 e. The van der Waals surface area contributed by atoms with Gasteiger partial charge in [-0.15, -0.1) is 0 Å². The summed E-state index contributed by atoms with van der Waals surface area (Å²) in [4.78, 5) is 2.08. The fraction of sp³-hybridized carbons (Fsp3) is 0.571. The molecule has 1 heterocycles. The maximum Gasteiger partial charge on any atom is 0.113 e. The van der Waals surface area contributed by atoms with Crippen molar-refractivity contribution in [3.05, 3.63) is 18.5 Å².